The lowest BCUT2D eigenvalue weighted by atomic mass is 10.0. The van der Waals surface area contributed by atoms with Gasteiger partial charge in [0.1, 0.15) is 11.2 Å². The van der Waals surface area contributed by atoms with Crippen molar-refractivity contribution in [2.75, 3.05) is 6.54 Å². The van der Waals surface area contributed by atoms with Crippen LogP contribution in [-0.4, -0.2) is 11.5 Å². The summed E-state index contributed by atoms with van der Waals surface area (Å²) >= 11 is 0. The molecule has 4 nitrogen and oxygen atoms in total. The molecule has 0 saturated heterocycles. The van der Waals surface area contributed by atoms with Gasteiger partial charge in [-0.2, -0.15) is 0 Å². The van der Waals surface area contributed by atoms with Crippen molar-refractivity contribution in [1.82, 2.24) is 4.98 Å². The van der Waals surface area contributed by atoms with Gasteiger partial charge < -0.3 is 10.2 Å². The Morgan fingerprint density at radius 1 is 1.05 bits per heavy atom. The summed E-state index contributed by atoms with van der Waals surface area (Å²) in [6.45, 7) is 0.596. The second kappa shape index (κ2) is 4.93. The third-order valence-corrected chi connectivity index (χ3v) is 3.85. The number of aromatic nitrogens is 1. The summed E-state index contributed by atoms with van der Waals surface area (Å²) in [5.41, 5.74) is 8.85. The van der Waals surface area contributed by atoms with E-state index in [1.807, 2.05) is 42.5 Å². The van der Waals surface area contributed by atoms with Gasteiger partial charge in [0, 0.05) is 16.8 Å². The Morgan fingerprint density at radius 3 is 2.68 bits per heavy atom. The van der Waals surface area contributed by atoms with Gasteiger partial charge in [0.25, 0.3) is 0 Å². The minimum Gasteiger partial charge on any atom is -0.453 e. The van der Waals surface area contributed by atoms with Crippen LogP contribution >= 0.6 is 0 Å². The summed E-state index contributed by atoms with van der Waals surface area (Å²) in [7, 11) is 0. The van der Waals surface area contributed by atoms with E-state index in [4.69, 9.17) is 15.1 Å². The molecule has 0 radical (unpaired) electrons. The van der Waals surface area contributed by atoms with Gasteiger partial charge in [0.05, 0.1) is 0 Å². The van der Waals surface area contributed by atoms with Crippen LogP contribution in [0.4, 0.5) is 0 Å². The molecule has 1 aliphatic carbocycles. The number of rotatable bonds is 2. The molecule has 1 heterocycles. The number of nitrogens with zero attached hydrogens (tertiary/aromatic N) is 1. The Balaban J connectivity index is 2.10. The van der Waals surface area contributed by atoms with Crippen molar-refractivity contribution in [3.05, 3.63) is 64.3 Å². The molecule has 2 aromatic rings. The van der Waals surface area contributed by atoms with Crippen LogP contribution in [0.5, 0.6) is 0 Å². The fourth-order valence-electron chi connectivity index (χ4n) is 2.79. The minimum absolute atomic E-state index is 0.0484. The highest BCUT2D eigenvalue weighted by Crippen LogP contribution is 2.30. The van der Waals surface area contributed by atoms with Gasteiger partial charge in [-0.05, 0) is 30.7 Å². The molecule has 0 aromatic heterocycles. The molecule has 1 aliphatic heterocycles. The first-order valence-corrected chi connectivity index (χ1v) is 7.21. The number of nitrogens with two attached hydrogens (primary N) is 1. The molecule has 2 aliphatic rings. The van der Waals surface area contributed by atoms with Crippen molar-refractivity contribution in [3.63, 3.8) is 0 Å². The smallest absolute Gasteiger partial charge is 0.190 e. The highest BCUT2D eigenvalue weighted by molar-refractivity contribution is 5.96. The third kappa shape index (κ3) is 1.96. The van der Waals surface area contributed by atoms with Crippen LogP contribution in [0.1, 0.15) is 5.56 Å². The van der Waals surface area contributed by atoms with Crippen molar-refractivity contribution >= 4 is 21.9 Å². The van der Waals surface area contributed by atoms with Gasteiger partial charge in [-0.1, -0.05) is 30.3 Å². The SMILES string of the molecule is NCCc1ccc2oc3cc(=O)c4ccccc4c-3nc2c1. The lowest BCUT2D eigenvalue weighted by Gasteiger charge is -2.09. The predicted molar refractivity (Wildman–Crippen MR) is 87.2 cm³/mol. The highest BCUT2D eigenvalue weighted by atomic mass is 16.3. The van der Waals surface area contributed by atoms with E-state index in [2.05, 4.69) is 0 Å². The van der Waals surface area contributed by atoms with Gasteiger partial charge in [-0.3, -0.25) is 4.79 Å². The molecular weight excluding hydrogens is 276 g/mol. The fraction of sp³-hybridized carbons (Fsp3) is 0.111. The Kier molecular flexibility index (Phi) is 2.91. The number of hydrogen-bond acceptors (Lipinski definition) is 4. The van der Waals surface area contributed by atoms with Crippen molar-refractivity contribution < 1.29 is 4.42 Å². The molecular formula is C18H14N2O2. The van der Waals surface area contributed by atoms with Crippen LogP contribution in [0.3, 0.4) is 0 Å². The number of benzene rings is 3. The van der Waals surface area contributed by atoms with Crippen LogP contribution in [-0.2, 0) is 6.42 Å². The second-order valence-corrected chi connectivity index (χ2v) is 5.32. The van der Waals surface area contributed by atoms with Crippen LogP contribution in [0.25, 0.3) is 33.3 Å². The molecule has 0 saturated carbocycles. The quantitative estimate of drug-likeness (QED) is 0.455. The average molecular weight is 290 g/mol. The van der Waals surface area contributed by atoms with Crippen LogP contribution in [0, 0.1) is 0 Å². The summed E-state index contributed by atoms with van der Waals surface area (Å²) in [5.74, 6) is 0.516. The Labute approximate surface area is 126 Å². The van der Waals surface area contributed by atoms with E-state index in [0.717, 1.165) is 22.9 Å². The summed E-state index contributed by atoms with van der Waals surface area (Å²) in [6, 6.07) is 14.8. The minimum atomic E-state index is -0.0484. The number of fused-ring (bicyclic) bond motifs is 4. The summed E-state index contributed by atoms with van der Waals surface area (Å²) in [5, 5.41) is 1.48. The Morgan fingerprint density at radius 2 is 1.86 bits per heavy atom. The van der Waals surface area contributed by atoms with Crippen LogP contribution < -0.4 is 11.2 Å². The number of hydrogen-bond donors (Lipinski definition) is 1. The molecule has 0 spiro atoms. The van der Waals surface area contributed by atoms with E-state index in [1.165, 1.54) is 6.07 Å². The van der Waals surface area contributed by atoms with E-state index in [0.29, 0.717) is 29.0 Å². The van der Waals surface area contributed by atoms with Gasteiger partial charge >= 0.3 is 0 Å². The lowest BCUT2D eigenvalue weighted by molar-refractivity contribution is 0.613. The molecule has 0 fully saturated rings. The molecule has 4 heteroatoms. The van der Waals surface area contributed by atoms with Crippen molar-refractivity contribution in [3.8, 4) is 11.5 Å². The Hall–Kier alpha value is -2.72. The average Bonchev–Trinajstić information content (AvgIpc) is 2.54. The predicted octanol–water partition coefficient (Wildman–Crippen LogP) is 2.95. The first kappa shape index (κ1) is 13.0. The van der Waals surface area contributed by atoms with Crippen LogP contribution in [0.2, 0.25) is 0 Å². The highest BCUT2D eigenvalue weighted by Gasteiger charge is 2.15. The first-order chi connectivity index (χ1) is 10.8. The van der Waals surface area contributed by atoms with Gasteiger partial charge in [0.2, 0.25) is 0 Å². The molecule has 108 valence electrons. The van der Waals surface area contributed by atoms with E-state index in [9.17, 15) is 4.79 Å². The molecule has 4 rings (SSSR count). The second-order valence-electron chi connectivity index (χ2n) is 5.32. The van der Waals surface area contributed by atoms with Crippen molar-refractivity contribution in [2.24, 2.45) is 5.73 Å². The molecule has 0 atom stereocenters. The van der Waals surface area contributed by atoms with E-state index >= 15 is 0 Å². The molecule has 0 unspecified atom stereocenters. The topological polar surface area (TPSA) is 69.1 Å². The summed E-state index contributed by atoms with van der Waals surface area (Å²) < 4.78 is 5.87. The third-order valence-electron chi connectivity index (χ3n) is 3.85. The maximum Gasteiger partial charge on any atom is 0.190 e. The van der Waals surface area contributed by atoms with Crippen LogP contribution in [0.15, 0.2) is 57.7 Å². The monoisotopic (exact) mass is 290 g/mol. The van der Waals surface area contributed by atoms with Crippen molar-refractivity contribution in [1.29, 1.82) is 0 Å². The zero-order valence-electron chi connectivity index (χ0n) is 11.9. The van der Waals surface area contributed by atoms with Crippen molar-refractivity contribution in [2.45, 2.75) is 6.42 Å². The fourth-order valence-corrected chi connectivity index (χ4v) is 2.79. The molecule has 0 bridgehead atoms. The molecule has 22 heavy (non-hydrogen) atoms. The van der Waals surface area contributed by atoms with E-state index in [-0.39, 0.29) is 5.43 Å². The zero-order valence-corrected chi connectivity index (χ0v) is 11.9. The normalized spacial score (nSPS) is 11.5. The van der Waals surface area contributed by atoms with Gasteiger partial charge in [0.15, 0.2) is 16.8 Å². The summed E-state index contributed by atoms with van der Waals surface area (Å²) in [6.07, 6.45) is 0.801. The molecule has 2 N–H and O–H groups in total. The molecule has 0 amide bonds. The maximum atomic E-state index is 12.2. The van der Waals surface area contributed by atoms with E-state index < -0.39 is 0 Å². The maximum absolute atomic E-state index is 12.2. The zero-order chi connectivity index (χ0) is 15.1. The van der Waals surface area contributed by atoms with Gasteiger partial charge in [-0.15, -0.1) is 0 Å². The summed E-state index contributed by atoms with van der Waals surface area (Å²) in [4.78, 5) is 16.9. The Bertz CT molecular complexity index is 1020. The molecule has 2 aromatic carbocycles. The lowest BCUT2D eigenvalue weighted by Crippen LogP contribution is -2.04. The largest absolute Gasteiger partial charge is 0.453 e. The standard InChI is InChI=1S/C18H14N2O2/c19-8-7-11-5-6-16-14(9-11)20-18-13-4-2-1-3-12(13)15(21)10-17(18)22-16/h1-6,9-10H,7-8,19H2. The van der Waals surface area contributed by atoms with Gasteiger partial charge in [-0.25, -0.2) is 4.98 Å². The van der Waals surface area contributed by atoms with E-state index in [1.54, 1.807) is 0 Å². The first-order valence-electron chi connectivity index (χ1n) is 7.21.